The average molecular weight is 858 g/mol. The van der Waals surface area contributed by atoms with Crippen LogP contribution in [0.3, 0.4) is 0 Å². The third-order valence-corrected chi connectivity index (χ3v) is 14.3. The van der Waals surface area contributed by atoms with Crippen LogP contribution in [0.15, 0.2) is 152 Å². The largest absolute Gasteiger partial charge is 0.417 e. The Labute approximate surface area is 355 Å². The highest BCUT2D eigenvalue weighted by Gasteiger charge is 2.42. The molecule has 0 saturated carbocycles. The van der Waals surface area contributed by atoms with Crippen molar-refractivity contribution in [1.29, 1.82) is 5.26 Å². The number of nitriles is 1. The van der Waals surface area contributed by atoms with Gasteiger partial charge in [-0.15, -0.1) is 22.7 Å². The van der Waals surface area contributed by atoms with Crippen LogP contribution < -0.4 is 0 Å². The minimum Gasteiger partial charge on any atom is -0.307 e. The van der Waals surface area contributed by atoms with E-state index in [0.717, 1.165) is 79.0 Å². The SMILES string of the molecule is N#Cc1c(-n2c3ccccc3c3ccc4sc5ccccc5c4c32)ccc(-c2c(C(F)(F)F)cccc2C(F)(F)F)c1-n1c2ccccc2c2ccc3sc4ccccc4c3c21. The van der Waals surface area contributed by atoms with Crippen LogP contribution in [0.1, 0.15) is 16.7 Å². The van der Waals surface area contributed by atoms with E-state index in [4.69, 9.17) is 0 Å². The lowest BCUT2D eigenvalue weighted by atomic mass is 9.90. The van der Waals surface area contributed by atoms with Crippen LogP contribution in [0.4, 0.5) is 26.3 Å². The Morgan fingerprint density at radius 1 is 0.435 bits per heavy atom. The van der Waals surface area contributed by atoms with Gasteiger partial charge < -0.3 is 9.13 Å². The molecule has 0 spiro atoms. The van der Waals surface area contributed by atoms with E-state index in [9.17, 15) is 5.26 Å². The molecule has 12 aromatic rings. The van der Waals surface area contributed by atoms with Crippen LogP contribution >= 0.6 is 22.7 Å². The Morgan fingerprint density at radius 2 is 0.903 bits per heavy atom. The number of alkyl halides is 6. The molecule has 8 aromatic carbocycles. The molecule has 0 bridgehead atoms. The lowest BCUT2D eigenvalue weighted by Crippen LogP contribution is -2.16. The summed E-state index contributed by atoms with van der Waals surface area (Å²) < 4.78 is 99.1. The standard InChI is InChI=1S/C51H25F6N3S2/c52-50(53,54)35-14-9-15-36(51(55,56)57)44(35)33-20-23-39(59-37-16-5-1-10-27(37)29-21-24-42-45(48(29)59)31-12-3-7-18-40(31)61-42)34(26-58)47(33)60-38-17-6-2-11-28(38)30-22-25-43-46(49(30)60)32-13-4-8-19-41(32)62-43/h1-25H. The van der Waals surface area contributed by atoms with E-state index in [1.165, 1.54) is 12.1 Å². The maximum absolute atomic E-state index is 15.3. The van der Waals surface area contributed by atoms with E-state index in [-0.39, 0.29) is 16.8 Å². The van der Waals surface area contributed by atoms with Gasteiger partial charge >= 0.3 is 12.4 Å². The van der Waals surface area contributed by atoms with Gasteiger partial charge in [0.05, 0.1) is 44.6 Å². The van der Waals surface area contributed by atoms with Crippen LogP contribution in [0.5, 0.6) is 0 Å². The van der Waals surface area contributed by atoms with Crippen molar-refractivity contribution in [2.24, 2.45) is 0 Å². The summed E-state index contributed by atoms with van der Waals surface area (Å²) in [5, 5.41) is 18.5. The van der Waals surface area contributed by atoms with E-state index >= 15 is 26.3 Å². The number of fused-ring (bicyclic) bond motifs is 14. The van der Waals surface area contributed by atoms with E-state index < -0.39 is 29.0 Å². The first-order valence-electron chi connectivity index (χ1n) is 19.6. The van der Waals surface area contributed by atoms with Crippen LogP contribution in [0.25, 0.3) is 106 Å². The molecule has 11 heteroatoms. The fraction of sp³-hybridized carbons (Fsp3) is 0.0392. The number of thiophene rings is 2. The molecule has 62 heavy (non-hydrogen) atoms. The predicted molar refractivity (Wildman–Crippen MR) is 241 cm³/mol. The zero-order valence-electron chi connectivity index (χ0n) is 31.9. The first-order chi connectivity index (χ1) is 30.0. The zero-order valence-corrected chi connectivity index (χ0v) is 33.5. The van der Waals surface area contributed by atoms with Crippen molar-refractivity contribution < 1.29 is 26.3 Å². The van der Waals surface area contributed by atoms with Gasteiger partial charge in [-0.2, -0.15) is 31.6 Å². The number of hydrogen-bond acceptors (Lipinski definition) is 3. The lowest BCUT2D eigenvalue weighted by Gasteiger charge is -2.24. The Hall–Kier alpha value is -7.13. The summed E-state index contributed by atoms with van der Waals surface area (Å²) >= 11 is 3.16. The summed E-state index contributed by atoms with van der Waals surface area (Å²) in [7, 11) is 0. The van der Waals surface area contributed by atoms with Gasteiger partial charge in [-0.25, -0.2) is 0 Å². The molecule has 0 aliphatic rings. The summed E-state index contributed by atoms with van der Waals surface area (Å²) in [6, 6.07) is 46.2. The minimum absolute atomic E-state index is 0.0885. The quantitative estimate of drug-likeness (QED) is 0.163. The number of hydrogen-bond donors (Lipinski definition) is 0. The normalized spacial score (nSPS) is 12.7. The van der Waals surface area contributed by atoms with Gasteiger partial charge in [0.2, 0.25) is 0 Å². The second kappa shape index (κ2) is 12.9. The molecule has 0 amide bonds. The lowest BCUT2D eigenvalue weighted by molar-refractivity contribution is -0.142. The number of nitrogens with zero attached hydrogens (tertiary/aromatic N) is 3. The molecular formula is C51H25F6N3S2. The van der Waals surface area contributed by atoms with Gasteiger partial charge in [0, 0.05) is 73.0 Å². The third-order valence-electron chi connectivity index (χ3n) is 12.0. The summed E-state index contributed by atoms with van der Waals surface area (Å²) in [6.07, 6.45) is -10.4. The summed E-state index contributed by atoms with van der Waals surface area (Å²) in [4.78, 5) is 0. The highest BCUT2D eigenvalue weighted by atomic mass is 32.1. The highest BCUT2D eigenvalue weighted by Crippen LogP contribution is 2.51. The fourth-order valence-electron chi connectivity index (χ4n) is 9.64. The van der Waals surface area contributed by atoms with Gasteiger partial charge in [0.25, 0.3) is 0 Å². The van der Waals surface area contributed by atoms with Gasteiger partial charge in [-0.1, -0.05) is 97.1 Å². The Kier molecular flexibility index (Phi) is 7.66. The van der Waals surface area contributed by atoms with E-state index in [0.29, 0.717) is 28.9 Å². The Balaban J connectivity index is 1.35. The Morgan fingerprint density at radius 3 is 1.42 bits per heavy atom. The second-order valence-corrected chi connectivity index (χ2v) is 17.4. The second-order valence-electron chi connectivity index (χ2n) is 15.3. The number of rotatable bonds is 3. The molecule has 0 atom stereocenters. The van der Waals surface area contributed by atoms with E-state index in [2.05, 4.69) is 12.1 Å². The third kappa shape index (κ3) is 5.05. The average Bonchev–Trinajstić information content (AvgIpc) is 4.02. The van der Waals surface area contributed by atoms with E-state index in [1.54, 1.807) is 39.4 Å². The van der Waals surface area contributed by atoms with Crippen molar-refractivity contribution in [3.63, 3.8) is 0 Å². The molecule has 12 rings (SSSR count). The summed E-state index contributed by atoms with van der Waals surface area (Å²) in [5.41, 5.74) is -1.62. The van der Waals surface area contributed by atoms with Gasteiger partial charge in [0.1, 0.15) is 11.6 Å². The van der Waals surface area contributed by atoms with Crippen molar-refractivity contribution >= 4 is 107 Å². The molecule has 0 radical (unpaired) electrons. The monoisotopic (exact) mass is 857 g/mol. The molecular weight excluding hydrogens is 833 g/mol. The molecule has 0 N–H and O–H groups in total. The van der Waals surface area contributed by atoms with Crippen molar-refractivity contribution in [1.82, 2.24) is 9.13 Å². The molecule has 298 valence electrons. The molecule has 0 aliphatic carbocycles. The first kappa shape index (κ1) is 36.7. The number of halogens is 6. The van der Waals surface area contributed by atoms with Crippen LogP contribution in [0.2, 0.25) is 0 Å². The molecule has 4 heterocycles. The maximum Gasteiger partial charge on any atom is 0.417 e. The van der Waals surface area contributed by atoms with Gasteiger partial charge in [-0.3, -0.25) is 0 Å². The van der Waals surface area contributed by atoms with Crippen LogP contribution in [0, 0.1) is 11.3 Å². The first-order valence-corrected chi connectivity index (χ1v) is 21.2. The number of benzene rings is 8. The van der Waals surface area contributed by atoms with Crippen LogP contribution in [-0.4, -0.2) is 9.13 Å². The summed E-state index contributed by atoms with van der Waals surface area (Å²) in [5.74, 6) is 0. The topological polar surface area (TPSA) is 33.6 Å². The fourth-order valence-corrected chi connectivity index (χ4v) is 11.9. The molecule has 4 aromatic heterocycles. The molecule has 0 aliphatic heterocycles. The summed E-state index contributed by atoms with van der Waals surface area (Å²) in [6.45, 7) is 0. The van der Waals surface area contributed by atoms with Gasteiger partial charge in [0.15, 0.2) is 0 Å². The number of para-hydroxylation sites is 2. The highest BCUT2D eigenvalue weighted by molar-refractivity contribution is 7.26. The smallest absolute Gasteiger partial charge is 0.307 e. The molecule has 0 unspecified atom stereocenters. The van der Waals surface area contributed by atoms with E-state index in [1.807, 2.05) is 108 Å². The maximum atomic E-state index is 15.3. The van der Waals surface area contributed by atoms with Crippen molar-refractivity contribution in [3.05, 3.63) is 168 Å². The predicted octanol–water partition coefficient (Wildman–Crippen LogP) is 16.2. The molecule has 3 nitrogen and oxygen atoms in total. The van der Waals surface area contributed by atoms with Crippen molar-refractivity contribution in [3.8, 4) is 28.6 Å². The Bertz CT molecular complexity index is 3900. The molecule has 0 fully saturated rings. The van der Waals surface area contributed by atoms with Crippen molar-refractivity contribution in [2.75, 3.05) is 0 Å². The molecule has 0 saturated heterocycles. The van der Waals surface area contributed by atoms with Gasteiger partial charge in [-0.05, 0) is 54.6 Å². The number of aromatic nitrogens is 2. The van der Waals surface area contributed by atoms with Crippen molar-refractivity contribution in [2.45, 2.75) is 12.4 Å². The van der Waals surface area contributed by atoms with Crippen LogP contribution in [-0.2, 0) is 12.4 Å². The minimum atomic E-state index is -5.19. The zero-order chi connectivity index (χ0) is 42.2.